The number of aryl methyl sites for hydroxylation is 2. The third-order valence-electron chi connectivity index (χ3n) is 6.71. The Morgan fingerprint density at radius 3 is 1.94 bits per heavy atom. The number of hydrogen-bond donors (Lipinski definition) is 2. The van der Waals surface area contributed by atoms with Crippen LogP contribution in [0.2, 0.25) is 0 Å². The standard InChI is InChI=1S/C29H42O3/c1-9-29(10-2,24-14-13-23(20(3)17-24)12-11-22(5)30)25-15-16-26(21(4)18-25)32-19-27(31)28(6,7)8/h11-18,22,27,30-31H,9-10,19H2,1-8H3/b12-11+. The molecule has 0 aliphatic rings. The molecule has 0 spiro atoms. The summed E-state index contributed by atoms with van der Waals surface area (Å²) in [6.45, 7) is 16.8. The largest absolute Gasteiger partial charge is 0.491 e. The van der Waals surface area contributed by atoms with Crippen molar-refractivity contribution in [1.82, 2.24) is 0 Å². The molecule has 0 radical (unpaired) electrons. The van der Waals surface area contributed by atoms with E-state index in [-0.39, 0.29) is 17.4 Å². The Balaban J connectivity index is 2.37. The van der Waals surface area contributed by atoms with E-state index in [4.69, 9.17) is 4.74 Å². The lowest BCUT2D eigenvalue weighted by Crippen LogP contribution is -2.32. The van der Waals surface area contributed by atoms with Gasteiger partial charge in [-0.15, -0.1) is 0 Å². The SMILES string of the molecule is CCC(CC)(c1ccc(/C=C/C(C)O)c(C)c1)c1ccc(OCC(O)C(C)(C)C)c(C)c1. The van der Waals surface area contributed by atoms with Gasteiger partial charge in [-0.3, -0.25) is 0 Å². The van der Waals surface area contributed by atoms with Crippen LogP contribution in [0, 0.1) is 19.3 Å². The fourth-order valence-electron chi connectivity index (χ4n) is 4.16. The molecule has 0 saturated carbocycles. The predicted molar refractivity (Wildman–Crippen MR) is 135 cm³/mol. The molecule has 0 bridgehead atoms. The van der Waals surface area contributed by atoms with Crippen molar-refractivity contribution in [3.63, 3.8) is 0 Å². The molecular weight excluding hydrogens is 396 g/mol. The van der Waals surface area contributed by atoms with E-state index in [1.54, 1.807) is 6.92 Å². The third-order valence-corrected chi connectivity index (χ3v) is 6.71. The Labute approximate surface area is 195 Å². The van der Waals surface area contributed by atoms with Crippen LogP contribution in [0.1, 0.15) is 82.2 Å². The average Bonchev–Trinajstić information content (AvgIpc) is 2.72. The number of rotatable bonds is 9. The van der Waals surface area contributed by atoms with Crippen LogP contribution in [0.15, 0.2) is 42.5 Å². The second kappa shape index (κ2) is 10.7. The first-order chi connectivity index (χ1) is 14.9. The van der Waals surface area contributed by atoms with Crippen molar-refractivity contribution in [3.8, 4) is 5.75 Å². The molecule has 32 heavy (non-hydrogen) atoms. The van der Waals surface area contributed by atoms with Gasteiger partial charge in [0.15, 0.2) is 0 Å². The highest BCUT2D eigenvalue weighted by atomic mass is 16.5. The number of ether oxygens (including phenoxy) is 1. The maximum atomic E-state index is 10.3. The fraction of sp³-hybridized carbons (Fsp3) is 0.517. The highest BCUT2D eigenvalue weighted by Gasteiger charge is 2.31. The number of benzene rings is 2. The molecule has 2 unspecified atom stereocenters. The number of aliphatic hydroxyl groups excluding tert-OH is 2. The van der Waals surface area contributed by atoms with Crippen molar-refractivity contribution in [1.29, 1.82) is 0 Å². The van der Waals surface area contributed by atoms with Crippen LogP contribution in [0.5, 0.6) is 5.75 Å². The Hall–Kier alpha value is -2.10. The van der Waals surface area contributed by atoms with Gasteiger partial charge in [0.05, 0.1) is 12.2 Å². The Bertz CT molecular complexity index is 914. The van der Waals surface area contributed by atoms with E-state index in [0.29, 0.717) is 0 Å². The van der Waals surface area contributed by atoms with E-state index in [2.05, 4.69) is 58.0 Å². The van der Waals surface area contributed by atoms with Gasteiger partial charge < -0.3 is 14.9 Å². The lowest BCUT2D eigenvalue weighted by atomic mass is 9.70. The van der Waals surface area contributed by atoms with Gasteiger partial charge >= 0.3 is 0 Å². The van der Waals surface area contributed by atoms with Crippen molar-refractivity contribution in [3.05, 3.63) is 70.3 Å². The summed E-state index contributed by atoms with van der Waals surface area (Å²) in [5.74, 6) is 0.827. The van der Waals surface area contributed by atoms with Gasteiger partial charge in [0, 0.05) is 5.41 Å². The van der Waals surface area contributed by atoms with E-state index in [9.17, 15) is 10.2 Å². The van der Waals surface area contributed by atoms with E-state index in [1.807, 2.05) is 39.0 Å². The summed E-state index contributed by atoms with van der Waals surface area (Å²) in [6.07, 6.45) is 4.82. The van der Waals surface area contributed by atoms with Crippen molar-refractivity contribution in [2.75, 3.05) is 6.61 Å². The smallest absolute Gasteiger partial charge is 0.122 e. The fourth-order valence-corrected chi connectivity index (χ4v) is 4.16. The Kier molecular flexibility index (Phi) is 8.73. The molecule has 2 aromatic carbocycles. The Morgan fingerprint density at radius 1 is 0.906 bits per heavy atom. The first-order valence-corrected chi connectivity index (χ1v) is 11.8. The molecule has 2 N–H and O–H groups in total. The molecule has 0 aliphatic heterocycles. The molecule has 0 fully saturated rings. The van der Waals surface area contributed by atoms with Crippen molar-refractivity contribution < 1.29 is 14.9 Å². The van der Waals surface area contributed by atoms with Gasteiger partial charge in [0.2, 0.25) is 0 Å². The predicted octanol–water partition coefficient (Wildman–Crippen LogP) is 6.59. The highest BCUT2D eigenvalue weighted by Crippen LogP contribution is 2.41. The molecule has 0 heterocycles. The summed E-state index contributed by atoms with van der Waals surface area (Å²) < 4.78 is 5.97. The van der Waals surface area contributed by atoms with Crippen molar-refractivity contribution in [2.24, 2.45) is 5.41 Å². The first kappa shape index (κ1) is 26.2. The third kappa shape index (κ3) is 6.02. The topological polar surface area (TPSA) is 49.7 Å². The summed E-state index contributed by atoms with van der Waals surface area (Å²) in [5.41, 5.74) is 5.74. The molecule has 2 rings (SSSR count). The molecule has 3 heteroatoms. The number of aliphatic hydroxyl groups is 2. The molecule has 176 valence electrons. The second-order valence-corrected chi connectivity index (χ2v) is 10.1. The maximum Gasteiger partial charge on any atom is 0.122 e. The summed E-state index contributed by atoms with van der Waals surface area (Å²) in [4.78, 5) is 0. The van der Waals surface area contributed by atoms with Crippen LogP contribution >= 0.6 is 0 Å². The monoisotopic (exact) mass is 438 g/mol. The van der Waals surface area contributed by atoms with Gasteiger partial charge in [-0.2, -0.15) is 0 Å². The summed E-state index contributed by atoms with van der Waals surface area (Å²) in [7, 11) is 0. The molecule has 0 aromatic heterocycles. The van der Waals surface area contributed by atoms with E-state index in [0.717, 1.165) is 29.7 Å². The lowest BCUT2D eigenvalue weighted by Gasteiger charge is -2.34. The van der Waals surface area contributed by atoms with Crippen LogP contribution in [0.3, 0.4) is 0 Å². The van der Waals surface area contributed by atoms with Gasteiger partial charge in [0.1, 0.15) is 12.4 Å². The molecule has 0 saturated heterocycles. The zero-order valence-corrected chi connectivity index (χ0v) is 21.2. The van der Waals surface area contributed by atoms with Crippen LogP contribution in [-0.4, -0.2) is 29.0 Å². The van der Waals surface area contributed by atoms with Gasteiger partial charge in [0.25, 0.3) is 0 Å². The molecule has 2 atom stereocenters. The zero-order valence-electron chi connectivity index (χ0n) is 21.2. The van der Waals surface area contributed by atoms with Crippen LogP contribution in [0.25, 0.3) is 6.08 Å². The van der Waals surface area contributed by atoms with Crippen molar-refractivity contribution >= 4 is 6.08 Å². The maximum absolute atomic E-state index is 10.3. The minimum atomic E-state index is -0.517. The van der Waals surface area contributed by atoms with Gasteiger partial charge in [-0.05, 0) is 72.9 Å². The van der Waals surface area contributed by atoms with Crippen LogP contribution < -0.4 is 4.74 Å². The van der Waals surface area contributed by atoms with Gasteiger partial charge in [-0.1, -0.05) is 77.1 Å². The van der Waals surface area contributed by atoms with E-state index in [1.165, 1.54) is 16.7 Å². The summed E-state index contributed by atoms with van der Waals surface area (Å²) in [6, 6.07) is 13.1. The quantitative estimate of drug-likeness (QED) is 0.464. The Morgan fingerprint density at radius 2 is 1.47 bits per heavy atom. The zero-order chi connectivity index (χ0) is 24.1. The highest BCUT2D eigenvalue weighted by molar-refractivity contribution is 5.56. The minimum Gasteiger partial charge on any atom is -0.491 e. The molecule has 2 aromatic rings. The average molecular weight is 439 g/mol. The van der Waals surface area contributed by atoms with Gasteiger partial charge in [-0.25, -0.2) is 0 Å². The molecular formula is C29H42O3. The first-order valence-electron chi connectivity index (χ1n) is 11.8. The second-order valence-electron chi connectivity index (χ2n) is 10.1. The van der Waals surface area contributed by atoms with Crippen LogP contribution in [-0.2, 0) is 5.41 Å². The van der Waals surface area contributed by atoms with Crippen LogP contribution in [0.4, 0.5) is 0 Å². The minimum absolute atomic E-state index is 0.0779. The van der Waals surface area contributed by atoms with E-state index >= 15 is 0 Å². The van der Waals surface area contributed by atoms with E-state index < -0.39 is 12.2 Å². The molecule has 3 nitrogen and oxygen atoms in total. The molecule has 0 aliphatic carbocycles. The normalized spacial score (nSPS) is 14.6. The summed E-state index contributed by atoms with van der Waals surface area (Å²) >= 11 is 0. The molecule has 0 amide bonds. The summed E-state index contributed by atoms with van der Waals surface area (Å²) in [5, 5.41) is 19.9. The van der Waals surface area contributed by atoms with Crippen molar-refractivity contribution in [2.45, 2.75) is 85.9 Å². The lowest BCUT2D eigenvalue weighted by molar-refractivity contribution is 0.0216. The number of hydrogen-bond acceptors (Lipinski definition) is 3.